The molecule has 180 valence electrons. The first-order valence-electron chi connectivity index (χ1n) is 11.7. The van der Waals surface area contributed by atoms with Crippen LogP contribution in [0.5, 0.6) is 17.2 Å². The van der Waals surface area contributed by atoms with Crippen LogP contribution in [0.1, 0.15) is 29.8 Å². The van der Waals surface area contributed by atoms with Crippen LogP contribution in [0.15, 0.2) is 59.4 Å². The van der Waals surface area contributed by atoms with Gasteiger partial charge in [0.15, 0.2) is 11.5 Å². The highest BCUT2D eigenvalue weighted by Crippen LogP contribution is 2.37. The molecule has 1 aliphatic heterocycles. The number of pyridine rings is 1. The Kier molecular flexibility index (Phi) is 7.12. The summed E-state index contributed by atoms with van der Waals surface area (Å²) in [5.74, 6) is 1.24. The highest BCUT2D eigenvalue weighted by atomic mass is 16.5. The fourth-order valence-electron chi connectivity index (χ4n) is 4.88. The van der Waals surface area contributed by atoms with Gasteiger partial charge < -0.3 is 24.0 Å². The highest BCUT2D eigenvalue weighted by Gasteiger charge is 2.32. The van der Waals surface area contributed by atoms with Crippen LogP contribution in [0.25, 0.3) is 0 Å². The predicted octanol–water partition coefficient (Wildman–Crippen LogP) is 3.81. The molecule has 0 spiro atoms. The fraction of sp³-hybridized carbons (Fsp3) is 0.370. The molecule has 0 unspecified atom stereocenters. The first-order chi connectivity index (χ1) is 16.5. The Morgan fingerprint density at radius 3 is 2.24 bits per heavy atom. The summed E-state index contributed by atoms with van der Waals surface area (Å²) in [6.07, 6.45) is 0. The van der Waals surface area contributed by atoms with Crippen molar-refractivity contribution in [3.8, 4) is 17.2 Å². The van der Waals surface area contributed by atoms with Crippen LogP contribution in [-0.2, 0) is 6.54 Å². The largest absolute Gasteiger partial charge is 0.507 e. The molecule has 4 rings (SSSR count). The van der Waals surface area contributed by atoms with Crippen molar-refractivity contribution in [2.75, 3.05) is 45.3 Å². The number of anilines is 1. The van der Waals surface area contributed by atoms with Crippen molar-refractivity contribution >= 4 is 5.69 Å². The van der Waals surface area contributed by atoms with Gasteiger partial charge in [0.2, 0.25) is 0 Å². The van der Waals surface area contributed by atoms with E-state index in [1.165, 1.54) is 5.69 Å². The molecule has 1 saturated heterocycles. The number of piperazine rings is 1. The fourth-order valence-corrected chi connectivity index (χ4v) is 4.88. The Morgan fingerprint density at radius 2 is 1.62 bits per heavy atom. The Balaban J connectivity index is 1.77. The maximum atomic E-state index is 13.6. The molecule has 0 bridgehead atoms. The van der Waals surface area contributed by atoms with E-state index in [2.05, 4.69) is 21.9 Å². The molecule has 1 aliphatic rings. The lowest BCUT2D eigenvalue weighted by Gasteiger charge is -2.40. The number of aryl methyl sites for hydroxylation is 1. The van der Waals surface area contributed by atoms with E-state index in [0.717, 1.165) is 37.4 Å². The summed E-state index contributed by atoms with van der Waals surface area (Å²) in [6.45, 7) is 7.46. The third-order valence-electron chi connectivity index (χ3n) is 6.64. The molecule has 1 N–H and O–H groups in total. The first-order valence-corrected chi connectivity index (χ1v) is 11.7. The lowest BCUT2D eigenvalue weighted by molar-refractivity contribution is 0.207. The number of ether oxygens (including phenoxy) is 2. The van der Waals surface area contributed by atoms with Gasteiger partial charge in [-0.1, -0.05) is 24.3 Å². The van der Waals surface area contributed by atoms with Crippen LogP contribution in [0.3, 0.4) is 0 Å². The number of benzene rings is 2. The topological polar surface area (TPSA) is 67.2 Å². The zero-order chi connectivity index (χ0) is 24.2. The highest BCUT2D eigenvalue weighted by molar-refractivity contribution is 5.49. The van der Waals surface area contributed by atoms with Crippen molar-refractivity contribution in [2.45, 2.75) is 26.4 Å². The molecular weight excluding hydrogens is 430 g/mol. The third-order valence-corrected chi connectivity index (χ3v) is 6.64. The number of hydrogen-bond donors (Lipinski definition) is 1. The maximum absolute atomic E-state index is 13.6. The van der Waals surface area contributed by atoms with Crippen LogP contribution >= 0.6 is 0 Å². The van der Waals surface area contributed by atoms with Gasteiger partial charge in [-0.3, -0.25) is 9.69 Å². The van der Waals surface area contributed by atoms with Crippen molar-refractivity contribution in [3.63, 3.8) is 0 Å². The van der Waals surface area contributed by atoms with Gasteiger partial charge in [-0.05, 0) is 49.7 Å². The second kappa shape index (κ2) is 10.2. The quantitative estimate of drug-likeness (QED) is 0.575. The molecule has 1 fully saturated rings. The van der Waals surface area contributed by atoms with E-state index >= 15 is 0 Å². The lowest BCUT2D eigenvalue weighted by Crippen LogP contribution is -2.49. The van der Waals surface area contributed by atoms with Crippen molar-refractivity contribution in [1.29, 1.82) is 0 Å². The second-order valence-corrected chi connectivity index (χ2v) is 8.51. The molecule has 2 heterocycles. The number of aromatic nitrogens is 1. The molecule has 0 aliphatic carbocycles. The smallest absolute Gasteiger partial charge is 0.259 e. The summed E-state index contributed by atoms with van der Waals surface area (Å²) in [4.78, 5) is 18.2. The summed E-state index contributed by atoms with van der Waals surface area (Å²) < 4.78 is 12.7. The summed E-state index contributed by atoms with van der Waals surface area (Å²) >= 11 is 0. The zero-order valence-corrected chi connectivity index (χ0v) is 20.3. The molecule has 1 atom stereocenters. The monoisotopic (exact) mass is 463 g/mol. The number of hydrogen-bond acceptors (Lipinski definition) is 6. The van der Waals surface area contributed by atoms with Crippen LogP contribution in [0.4, 0.5) is 5.69 Å². The van der Waals surface area contributed by atoms with Crippen molar-refractivity contribution in [3.05, 3.63) is 81.8 Å². The Labute approximate surface area is 200 Å². The SMILES string of the molecule is CCn1c(C)cc(O)c([C@@H](c2ccc(OC)c(OC)c2)N2CCN(c3ccccc3)CC2)c1=O. The van der Waals surface area contributed by atoms with Gasteiger partial charge in [-0.15, -0.1) is 0 Å². The standard InChI is InChI=1S/C27H33N3O4/c1-5-30-19(2)17-22(31)25(27(30)32)26(20-11-12-23(33-3)24(18-20)34-4)29-15-13-28(14-16-29)21-9-7-6-8-10-21/h6-12,17-18,26,31H,5,13-16H2,1-4H3/t26-/m1/s1. The van der Waals surface area contributed by atoms with Crippen molar-refractivity contribution in [2.24, 2.45) is 0 Å². The van der Waals surface area contributed by atoms with Crippen LogP contribution in [0, 0.1) is 6.92 Å². The summed E-state index contributed by atoms with van der Waals surface area (Å²) in [5.41, 5.74) is 3.05. The van der Waals surface area contributed by atoms with Gasteiger partial charge in [0.1, 0.15) is 5.75 Å². The first kappa shape index (κ1) is 23.7. The van der Waals surface area contributed by atoms with Crippen LogP contribution in [-0.4, -0.2) is 55.0 Å². The van der Waals surface area contributed by atoms with Crippen LogP contribution in [0.2, 0.25) is 0 Å². The molecule has 7 heteroatoms. The molecular formula is C27H33N3O4. The number of aromatic hydroxyl groups is 1. The Morgan fingerprint density at radius 1 is 0.941 bits per heavy atom. The molecule has 3 aromatic rings. The van der Waals surface area contributed by atoms with E-state index < -0.39 is 6.04 Å². The van der Waals surface area contributed by atoms with Gasteiger partial charge in [0.25, 0.3) is 5.56 Å². The Hall–Kier alpha value is -3.45. The molecule has 0 amide bonds. The third kappa shape index (κ3) is 4.48. The van der Waals surface area contributed by atoms with Gasteiger partial charge >= 0.3 is 0 Å². The number of methoxy groups -OCH3 is 2. The van der Waals surface area contributed by atoms with Crippen molar-refractivity contribution < 1.29 is 14.6 Å². The summed E-state index contributed by atoms with van der Waals surface area (Å²) in [5, 5.41) is 11.0. The molecule has 1 aromatic heterocycles. The van der Waals surface area contributed by atoms with Gasteiger partial charge in [-0.2, -0.15) is 0 Å². The minimum atomic E-state index is -0.413. The zero-order valence-electron chi connectivity index (χ0n) is 20.3. The molecule has 0 radical (unpaired) electrons. The van der Waals surface area contributed by atoms with E-state index in [1.54, 1.807) is 24.9 Å². The summed E-state index contributed by atoms with van der Waals surface area (Å²) in [7, 11) is 3.20. The van der Waals surface area contributed by atoms with E-state index in [0.29, 0.717) is 23.6 Å². The van der Waals surface area contributed by atoms with Crippen molar-refractivity contribution in [1.82, 2.24) is 9.47 Å². The Bertz CT molecular complexity index is 1180. The molecule has 34 heavy (non-hydrogen) atoms. The van der Waals surface area contributed by atoms with E-state index in [-0.39, 0.29) is 11.3 Å². The second-order valence-electron chi connectivity index (χ2n) is 8.51. The normalized spacial score (nSPS) is 15.2. The number of para-hydroxylation sites is 1. The summed E-state index contributed by atoms with van der Waals surface area (Å²) in [6, 6.07) is 17.3. The molecule has 0 saturated carbocycles. The van der Waals surface area contributed by atoms with Gasteiger partial charge in [-0.25, -0.2) is 0 Å². The minimum absolute atomic E-state index is 0.0254. The molecule has 7 nitrogen and oxygen atoms in total. The van der Waals surface area contributed by atoms with E-state index in [4.69, 9.17) is 9.47 Å². The lowest BCUT2D eigenvalue weighted by atomic mass is 9.95. The van der Waals surface area contributed by atoms with Gasteiger partial charge in [0.05, 0.1) is 25.8 Å². The predicted molar refractivity (Wildman–Crippen MR) is 134 cm³/mol. The van der Waals surface area contributed by atoms with E-state index in [9.17, 15) is 9.90 Å². The van der Waals surface area contributed by atoms with E-state index in [1.807, 2.05) is 50.2 Å². The maximum Gasteiger partial charge on any atom is 0.259 e. The minimum Gasteiger partial charge on any atom is -0.507 e. The van der Waals surface area contributed by atoms with Crippen LogP contribution < -0.4 is 19.9 Å². The average Bonchev–Trinajstić information content (AvgIpc) is 2.87. The number of nitrogens with zero attached hydrogens (tertiary/aromatic N) is 3. The average molecular weight is 464 g/mol. The number of rotatable bonds is 7. The van der Waals surface area contributed by atoms with Gasteiger partial charge in [0, 0.05) is 44.1 Å². The molecule has 2 aromatic carbocycles.